The van der Waals surface area contributed by atoms with Crippen LogP contribution in [-0.4, -0.2) is 71.4 Å². The van der Waals surface area contributed by atoms with Gasteiger partial charge in [0.25, 0.3) is 0 Å². The predicted octanol–water partition coefficient (Wildman–Crippen LogP) is 1.04. The molecule has 0 aromatic heterocycles. The Morgan fingerprint density at radius 3 is 1.87 bits per heavy atom. The third-order valence-corrected chi connectivity index (χ3v) is 5.87. The number of hydrogen-bond acceptors (Lipinski definition) is 5. The first-order chi connectivity index (χ1) is 10.6. The van der Waals surface area contributed by atoms with Crippen LogP contribution in [0.2, 0.25) is 0 Å². The van der Waals surface area contributed by atoms with Crippen molar-refractivity contribution in [1.29, 1.82) is 0 Å². The molecule has 136 valence electrons. The lowest BCUT2D eigenvalue weighted by molar-refractivity contribution is -0.176. The fourth-order valence-corrected chi connectivity index (χ4v) is 5.41. The standard InChI is InChI=1S/C17H31NO4.ClH/c19-3-1-18(2-4-20)11-16(21)12-22-17-8-13-5-14(9-17)7-15(6-13)10-17;/h13-16,19-21H,1-12H2;1H. The molecule has 0 saturated heterocycles. The summed E-state index contributed by atoms with van der Waals surface area (Å²) in [5, 5.41) is 28.3. The van der Waals surface area contributed by atoms with Gasteiger partial charge in [0.1, 0.15) is 0 Å². The first kappa shape index (κ1) is 19.4. The van der Waals surface area contributed by atoms with Gasteiger partial charge in [0.05, 0.1) is 31.5 Å². The van der Waals surface area contributed by atoms with Gasteiger partial charge in [0.15, 0.2) is 0 Å². The van der Waals surface area contributed by atoms with E-state index in [-0.39, 0.29) is 31.2 Å². The lowest BCUT2D eigenvalue weighted by atomic mass is 9.54. The van der Waals surface area contributed by atoms with E-state index in [0.717, 1.165) is 17.8 Å². The van der Waals surface area contributed by atoms with Crippen LogP contribution in [0, 0.1) is 17.8 Å². The van der Waals surface area contributed by atoms with Gasteiger partial charge >= 0.3 is 0 Å². The number of aliphatic hydroxyl groups excluding tert-OH is 3. The average Bonchev–Trinajstić information content (AvgIpc) is 2.44. The van der Waals surface area contributed by atoms with Crippen LogP contribution >= 0.6 is 12.4 Å². The summed E-state index contributed by atoms with van der Waals surface area (Å²) in [4.78, 5) is 1.88. The quantitative estimate of drug-likeness (QED) is 0.580. The summed E-state index contributed by atoms with van der Waals surface area (Å²) in [5.74, 6) is 2.55. The van der Waals surface area contributed by atoms with E-state index in [1.807, 2.05) is 4.90 Å². The van der Waals surface area contributed by atoms with Crippen LogP contribution < -0.4 is 0 Å². The van der Waals surface area contributed by atoms with Crippen LogP contribution in [0.3, 0.4) is 0 Å². The Morgan fingerprint density at radius 1 is 0.957 bits per heavy atom. The second-order valence-corrected chi connectivity index (χ2v) is 7.81. The zero-order valence-electron chi connectivity index (χ0n) is 13.9. The smallest absolute Gasteiger partial charge is 0.0900 e. The minimum Gasteiger partial charge on any atom is -0.395 e. The number of ether oxygens (including phenoxy) is 1. The highest BCUT2D eigenvalue weighted by Crippen LogP contribution is 2.57. The van der Waals surface area contributed by atoms with Gasteiger partial charge in [-0.25, -0.2) is 0 Å². The molecule has 0 amide bonds. The molecule has 0 aliphatic heterocycles. The molecule has 4 fully saturated rings. The average molecular weight is 350 g/mol. The molecule has 0 aromatic rings. The monoisotopic (exact) mass is 349 g/mol. The minimum atomic E-state index is -0.550. The summed E-state index contributed by atoms with van der Waals surface area (Å²) in [6, 6.07) is 0. The van der Waals surface area contributed by atoms with Crippen LogP contribution in [0.1, 0.15) is 38.5 Å². The molecule has 5 nitrogen and oxygen atoms in total. The summed E-state index contributed by atoms with van der Waals surface area (Å²) in [6.07, 6.45) is 7.18. The summed E-state index contributed by atoms with van der Waals surface area (Å²) < 4.78 is 6.26. The van der Waals surface area contributed by atoms with Crippen molar-refractivity contribution >= 4 is 12.4 Å². The first-order valence-corrected chi connectivity index (χ1v) is 8.88. The molecule has 0 aromatic carbocycles. The van der Waals surface area contributed by atoms with Crippen molar-refractivity contribution in [2.45, 2.75) is 50.2 Å². The van der Waals surface area contributed by atoms with Crippen LogP contribution in [0.15, 0.2) is 0 Å². The third-order valence-electron chi connectivity index (χ3n) is 5.87. The molecule has 6 heteroatoms. The molecule has 4 rings (SSSR count). The molecule has 0 spiro atoms. The summed E-state index contributed by atoms with van der Waals surface area (Å²) in [6.45, 7) is 1.88. The van der Waals surface area contributed by atoms with E-state index in [2.05, 4.69) is 0 Å². The van der Waals surface area contributed by atoms with Gasteiger partial charge in [-0.1, -0.05) is 0 Å². The molecule has 1 unspecified atom stereocenters. The number of nitrogens with zero attached hydrogens (tertiary/aromatic N) is 1. The van der Waals surface area contributed by atoms with E-state index in [1.165, 1.54) is 38.5 Å². The van der Waals surface area contributed by atoms with E-state index in [0.29, 0.717) is 26.2 Å². The van der Waals surface area contributed by atoms with Crippen molar-refractivity contribution in [2.75, 3.05) is 39.5 Å². The normalized spacial score (nSPS) is 36.3. The minimum absolute atomic E-state index is 0. The summed E-state index contributed by atoms with van der Waals surface area (Å²) in [5.41, 5.74) is 0.0362. The second-order valence-electron chi connectivity index (χ2n) is 7.81. The highest BCUT2D eigenvalue weighted by molar-refractivity contribution is 5.85. The number of rotatable bonds is 9. The molecule has 4 bridgehead atoms. The van der Waals surface area contributed by atoms with Gasteiger partial charge < -0.3 is 20.1 Å². The van der Waals surface area contributed by atoms with Gasteiger partial charge in [-0.05, 0) is 56.3 Å². The highest BCUT2D eigenvalue weighted by atomic mass is 35.5. The largest absolute Gasteiger partial charge is 0.395 e. The molecule has 0 radical (unpaired) electrons. The maximum Gasteiger partial charge on any atom is 0.0900 e. The molecule has 4 aliphatic rings. The number of halogens is 1. The lowest BCUT2D eigenvalue weighted by Gasteiger charge is -2.56. The van der Waals surface area contributed by atoms with Gasteiger partial charge in [-0.2, -0.15) is 0 Å². The molecular formula is C17H32ClNO4. The van der Waals surface area contributed by atoms with E-state index in [4.69, 9.17) is 14.9 Å². The van der Waals surface area contributed by atoms with Gasteiger partial charge in [-0.3, -0.25) is 4.90 Å². The SMILES string of the molecule is Cl.OCCN(CCO)CC(O)COC12CC3CC(CC(C3)C1)C2. The first-order valence-electron chi connectivity index (χ1n) is 8.88. The summed E-state index contributed by atoms with van der Waals surface area (Å²) >= 11 is 0. The van der Waals surface area contributed by atoms with Crippen LogP contribution in [-0.2, 0) is 4.74 Å². The Balaban J connectivity index is 0.00000192. The fourth-order valence-electron chi connectivity index (χ4n) is 5.41. The van der Waals surface area contributed by atoms with Gasteiger partial charge in [0.2, 0.25) is 0 Å². The summed E-state index contributed by atoms with van der Waals surface area (Å²) in [7, 11) is 0. The van der Waals surface area contributed by atoms with E-state index < -0.39 is 6.10 Å². The Hall–Kier alpha value is 0.0900. The van der Waals surface area contributed by atoms with Gasteiger partial charge in [-0.15, -0.1) is 12.4 Å². The van der Waals surface area contributed by atoms with Crippen LogP contribution in [0.25, 0.3) is 0 Å². The number of aliphatic hydroxyl groups is 3. The van der Waals surface area contributed by atoms with Crippen molar-refractivity contribution in [3.8, 4) is 0 Å². The molecule has 4 saturated carbocycles. The Kier molecular flexibility index (Phi) is 7.14. The zero-order valence-corrected chi connectivity index (χ0v) is 14.7. The van der Waals surface area contributed by atoms with Crippen molar-refractivity contribution < 1.29 is 20.1 Å². The molecule has 1 atom stereocenters. The Bertz CT molecular complexity index is 327. The van der Waals surface area contributed by atoms with Gasteiger partial charge in [0, 0.05) is 19.6 Å². The highest BCUT2D eigenvalue weighted by Gasteiger charge is 2.51. The maximum absolute atomic E-state index is 10.2. The van der Waals surface area contributed by atoms with Crippen molar-refractivity contribution in [2.24, 2.45) is 17.8 Å². The third kappa shape index (κ3) is 4.80. The topological polar surface area (TPSA) is 73.2 Å². The van der Waals surface area contributed by atoms with Crippen molar-refractivity contribution in [3.05, 3.63) is 0 Å². The van der Waals surface area contributed by atoms with Crippen molar-refractivity contribution in [1.82, 2.24) is 4.90 Å². The maximum atomic E-state index is 10.2. The van der Waals surface area contributed by atoms with E-state index in [9.17, 15) is 5.11 Å². The lowest BCUT2D eigenvalue weighted by Crippen LogP contribution is -2.53. The molecule has 23 heavy (non-hydrogen) atoms. The van der Waals surface area contributed by atoms with Crippen LogP contribution in [0.5, 0.6) is 0 Å². The Morgan fingerprint density at radius 2 is 1.43 bits per heavy atom. The zero-order chi connectivity index (χ0) is 15.6. The van der Waals surface area contributed by atoms with E-state index in [1.54, 1.807) is 0 Å². The number of hydrogen-bond donors (Lipinski definition) is 3. The molecule has 0 heterocycles. The second kappa shape index (κ2) is 8.45. The molecule has 4 aliphatic carbocycles. The Labute approximate surface area is 145 Å². The molecular weight excluding hydrogens is 318 g/mol. The van der Waals surface area contributed by atoms with Crippen LogP contribution in [0.4, 0.5) is 0 Å². The molecule has 3 N–H and O–H groups in total. The van der Waals surface area contributed by atoms with Crippen molar-refractivity contribution in [3.63, 3.8) is 0 Å². The predicted molar refractivity (Wildman–Crippen MR) is 90.7 cm³/mol. The fraction of sp³-hybridized carbons (Fsp3) is 1.00. The van der Waals surface area contributed by atoms with E-state index >= 15 is 0 Å².